The molecule has 2 N–H and O–H groups in total. The molecule has 17 heavy (non-hydrogen) atoms. The first-order valence-corrected chi connectivity index (χ1v) is 5.11. The standard InChI is InChI=1S/C9H12F2N2O4/c10-9(11)5-12(6(14)15)2-1-8(9)3-13(4-8)7(16)17/h1-5H2,(H,14,15)(H,16,17). The lowest BCUT2D eigenvalue weighted by molar-refractivity contribution is -0.211. The van der Waals surface area contributed by atoms with Gasteiger partial charge in [0.15, 0.2) is 0 Å². The summed E-state index contributed by atoms with van der Waals surface area (Å²) >= 11 is 0. The zero-order chi connectivity index (χ0) is 12.8. The number of nitrogens with zero attached hydrogens (tertiary/aromatic N) is 2. The highest BCUT2D eigenvalue weighted by Gasteiger charge is 2.64. The lowest BCUT2D eigenvalue weighted by atomic mass is 9.69. The fourth-order valence-corrected chi connectivity index (χ4v) is 2.39. The number of piperidine rings is 1. The molecule has 2 aliphatic rings. The van der Waals surface area contributed by atoms with E-state index in [4.69, 9.17) is 10.2 Å². The summed E-state index contributed by atoms with van der Waals surface area (Å²) in [6.45, 7) is -1.26. The molecule has 2 amide bonds. The van der Waals surface area contributed by atoms with Crippen molar-refractivity contribution in [3.8, 4) is 0 Å². The molecule has 0 aliphatic carbocycles. The quantitative estimate of drug-likeness (QED) is 0.671. The van der Waals surface area contributed by atoms with Crippen LogP contribution in [0.4, 0.5) is 18.4 Å². The van der Waals surface area contributed by atoms with Gasteiger partial charge in [0.25, 0.3) is 5.92 Å². The third-order valence-electron chi connectivity index (χ3n) is 3.55. The zero-order valence-electron chi connectivity index (χ0n) is 8.90. The predicted octanol–water partition coefficient (Wildman–Crippen LogP) is 0.985. The average Bonchev–Trinajstić information content (AvgIpc) is 2.12. The summed E-state index contributed by atoms with van der Waals surface area (Å²) in [4.78, 5) is 22.8. The van der Waals surface area contributed by atoms with E-state index in [1.807, 2.05) is 0 Å². The normalized spacial score (nSPS) is 25.5. The summed E-state index contributed by atoms with van der Waals surface area (Å²) in [5.74, 6) is -3.17. The number of hydrogen-bond acceptors (Lipinski definition) is 2. The predicted molar refractivity (Wildman–Crippen MR) is 51.2 cm³/mol. The number of carbonyl (C=O) groups is 2. The number of halogens is 2. The van der Waals surface area contributed by atoms with Crippen molar-refractivity contribution in [3.05, 3.63) is 0 Å². The Morgan fingerprint density at radius 1 is 1.00 bits per heavy atom. The van der Waals surface area contributed by atoms with E-state index in [2.05, 4.69) is 0 Å². The Labute approximate surface area is 95.4 Å². The van der Waals surface area contributed by atoms with Crippen LogP contribution in [0.5, 0.6) is 0 Å². The van der Waals surface area contributed by atoms with Gasteiger partial charge in [-0.3, -0.25) is 0 Å². The van der Waals surface area contributed by atoms with Crippen LogP contribution in [0.25, 0.3) is 0 Å². The maximum Gasteiger partial charge on any atom is 0.407 e. The summed E-state index contributed by atoms with van der Waals surface area (Å²) in [5, 5.41) is 17.3. The summed E-state index contributed by atoms with van der Waals surface area (Å²) in [7, 11) is 0. The van der Waals surface area contributed by atoms with Crippen LogP contribution in [0.2, 0.25) is 0 Å². The van der Waals surface area contributed by atoms with E-state index in [0.29, 0.717) is 4.90 Å². The minimum Gasteiger partial charge on any atom is -0.465 e. The van der Waals surface area contributed by atoms with Gasteiger partial charge in [-0.15, -0.1) is 0 Å². The highest BCUT2D eigenvalue weighted by Crippen LogP contribution is 2.49. The summed E-state index contributed by atoms with van der Waals surface area (Å²) in [5.41, 5.74) is -1.38. The number of hydrogen-bond donors (Lipinski definition) is 2. The van der Waals surface area contributed by atoms with Gasteiger partial charge in [-0.25, -0.2) is 18.4 Å². The van der Waals surface area contributed by atoms with E-state index < -0.39 is 30.1 Å². The van der Waals surface area contributed by atoms with Crippen LogP contribution in [-0.4, -0.2) is 64.3 Å². The molecule has 0 bridgehead atoms. The Kier molecular flexibility index (Phi) is 2.41. The van der Waals surface area contributed by atoms with Gasteiger partial charge in [-0.1, -0.05) is 0 Å². The molecule has 2 heterocycles. The lowest BCUT2D eigenvalue weighted by Crippen LogP contribution is -2.71. The molecule has 8 heteroatoms. The molecule has 2 fully saturated rings. The number of amides is 2. The first-order valence-electron chi connectivity index (χ1n) is 5.11. The van der Waals surface area contributed by atoms with Gasteiger partial charge in [0.05, 0.1) is 12.0 Å². The van der Waals surface area contributed by atoms with Crippen LogP contribution in [0, 0.1) is 5.41 Å². The molecule has 6 nitrogen and oxygen atoms in total. The fourth-order valence-electron chi connectivity index (χ4n) is 2.39. The van der Waals surface area contributed by atoms with E-state index in [9.17, 15) is 18.4 Å². The highest BCUT2D eigenvalue weighted by molar-refractivity contribution is 5.67. The van der Waals surface area contributed by atoms with Gasteiger partial charge in [-0.2, -0.15) is 0 Å². The number of rotatable bonds is 0. The second-order valence-electron chi connectivity index (χ2n) is 4.58. The van der Waals surface area contributed by atoms with Crippen LogP contribution < -0.4 is 0 Å². The second kappa shape index (κ2) is 3.44. The molecule has 0 aromatic heterocycles. The summed E-state index contributed by atoms with van der Waals surface area (Å²) in [6, 6.07) is 0. The number of likely N-dealkylation sites (tertiary alicyclic amines) is 2. The first kappa shape index (κ1) is 11.9. The van der Waals surface area contributed by atoms with Crippen LogP contribution in [0.15, 0.2) is 0 Å². The van der Waals surface area contributed by atoms with Gasteiger partial charge in [0.2, 0.25) is 0 Å². The van der Waals surface area contributed by atoms with Crippen LogP contribution in [0.3, 0.4) is 0 Å². The van der Waals surface area contributed by atoms with Crippen molar-refractivity contribution >= 4 is 12.2 Å². The van der Waals surface area contributed by atoms with Crippen LogP contribution in [-0.2, 0) is 0 Å². The van der Waals surface area contributed by atoms with Gasteiger partial charge in [0.1, 0.15) is 0 Å². The van der Waals surface area contributed by atoms with Crippen molar-refractivity contribution in [2.75, 3.05) is 26.2 Å². The Bertz CT molecular complexity index is 368. The molecule has 96 valence electrons. The molecule has 0 unspecified atom stereocenters. The van der Waals surface area contributed by atoms with Crippen molar-refractivity contribution in [2.45, 2.75) is 12.3 Å². The molecule has 0 radical (unpaired) electrons. The molecular weight excluding hydrogens is 238 g/mol. The highest BCUT2D eigenvalue weighted by atomic mass is 19.3. The van der Waals surface area contributed by atoms with Gasteiger partial charge in [0, 0.05) is 19.6 Å². The second-order valence-corrected chi connectivity index (χ2v) is 4.58. The Balaban J connectivity index is 2.08. The summed E-state index contributed by atoms with van der Waals surface area (Å²) in [6.07, 6.45) is -2.59. The van der Waals surface area contributed by atoms with Gasteiger partial charge in [-0.05, 0) is 6.42 Å². The van der Waals surface area contributed by atoms with Gasteiger partial charge < -0.3 is 20.0 Å². The Hall–Kier alpha value is -1.60. The van der Waals surface area contributed by atoms with Crippen molar-refractivity contribution in [3.63, 3.8) is 0 Å². The van der Waals surface area contributed by atoms with E-state index >= 15 is 0 Å². The zero-order valence-corrected chi connectivity index (χ0v) is 8.90. The Morgan fingerprint density at radius 3 is 1.94 bits per heavy atom. The number of alkyl halides is 2. The average molecular weight is 250 g/mol. The lowest BCUT2D eigenvalue weighted by Gasteiger charge is -2.55. The topological polar surface area (TPSA) is 81.1 Å². The van der Waals surface area contributed by atoms with E-state index in [1.54, 1.807) is 0 Å². The maximum atomic E-state index is 13.8. The smallest absolute Gasteiger partial charge is 0.407 e. The van der Waals surface area contributed by atoms with Gasteiger partial charge >= 0.3 is 12.2 Å². The molecule has 0 saturated carbocycles. The largest absolute Gasteiger partial charge is 0.465 e. The van der Waals surface area contributed by atoms with Crippen molar-refractivity contribution in [1.82, 2.24) is 9.80 Å². The molecule has 2 rings (SSSR count). The third kappa shape index (κ3) is 1.67. The van der Waals surface area contributed by atoms with Crippen LogP contribution in [0.1, 0.15) is 6.42 Å². The molecule has 0 atom stereocenters. The number of carboxylic acid groups (broad SMARTS) is 2. The van der Waals surface area contributed by atoms with Crippen LogP contribution >= 0.6 is 0 Å². The van der Waals surface area contributed by atoms with Crippen molar-refractivity contribution in [1.29, 1.82) is 0 Å². The van der Waals surface area contributed by atoms with Crippen molar-refractivity contribution < 1.29 is 28.6 Å². The monoisotopic (exact) mass is 250 g/mol. The maximum absolute atomic E-state index is 13.8. The molecule has 2 aliphatic heterocycles. The van der Waals surface area contributed by atoms with E-state index in [1.165, 1.54) is 0 Å². The first-order chi connectivity index (χ1) is 7.77. The third-order valence-corrected chi connectivity index (χ3v) is 3.55. The fraction of sp³-hybridized carbons (Fsp3) is 0.778. The summed E-state index contributed by atoms with van der Waals surface area (Å²) < 4.78 is 27.7. The SMILES string of the molecule is O=C(O)N1CCC2(CN(C(=O)O)C2)C(F)(F)C1. The molecule has 1 spiro atoms. The minimum absolute atomic E-state index is 0.00389. The molecule has 2 saturated heterocycles. The molecule has 0 aromatic rings. The van der Waals surface area contributed by atoms with Crippen molar-refractivity contribution in [2.24, 2.45) is 5.41 Å². The minimum atomic E-state index is -3.17. The Morgan fingerprint density at radius 2 is 1.53 bits per heavy atom. The molecule has 0 aromatic carbocycles. The van der Waals surface area contributed by atoms with E-state index in [0.717, 1.165) is 4.90 Å². The van der Waals surface area contributed by atoms with E-state index in [-0.39, 0.29) is 26.1 Å². The molecular formula is C9H12F2N2O4.